The molecule has 0 bridgehead atoms. The molecule has 2 atom stereocenters. The van der Waals surface area contributed by atoms with Crippen LogP contribution in [0.1, 0.15) is 45.2 Å². The van der Waals surface area contributed by atoms with Gasteiger partial charge in [0.2, 0.25) is 21.8 Å². The summed E-state index contributed by atoms with van der Waals surface area (Å²) in [5.74, 6) is -1.30. The van der Waals surface area contributed by atoms with E-state index >= 15 is 0 Å². The van der Waals surface area contributed by atoms with Crippen LogP contribution in [0.15, 0.2) is 48.5 Å². The van der Waals surface area contributed by atoms with Crippen molar-refractivity contribution in [1.82, 2.24) is 10.2 Å². The average Bonchev–Trinajstić information content (AvgIpc) is 2.80. The molecule has 0 aliphatic carbocycles. The molecule has 7 nitrogen and oxygen atoms in total. The summed E-state index contributed by atoms with van der Waals surface area (Å²) in [6.07, 6.45) is 2.56. The molecule has 9 heteroatoms. The molecule has 186 valence electrons. The molecular formula is C25H34FN3O4S. The number of nitrogens with zero attached hydrogens (tertiary/aromatic N) is 2. The lowest BCUT2D eigenvalue weighted by molar-refractivity contribution is -0.139. The van der Waals surface area contributed by atoms with Gasteiger partial charge in [-0.25, -0.2) is 12.8 Å². The molecule has 34 heavy (non-hydrogen) atoms. The van der Waals surface area contributed by atoms with E-state index in [0.717, 1.165) is 29.0 Å². The molecule has 0 radical (unpaired) electrons. The second-order valence-electron chi connectivity index (χ2n) is 8.43. The molecule has 0 aromatic heterocycles. The van der Waals surface area contributed by atoms with Crippen molar-refractivity contribution in [2.75, 3.05) is 17.1 Å². The van der Waals surface area contributed by atoms with E-state index in [9.17, 15) is 22.4 Å². The highest BCUT2D eigenvalue weighted by atomic mass is 32.2. The number of hydrogen-bond donors (Lipinski definition) is 1. The van der Waals surface area contributed by atoms with E-state index < -0.39 is 34.3 Å². The van der Waals surface area contributed by atoms with Crippen LogP contribution < -0.4 is 9.62 Å². The monoisotopic (exact) mass is 491 g/mol. The molecule has 2 unspecified atom stereocenters. The van der Waals surface area contributed by atoms with Crippen molar-refractivity contribution in [2.45, 2.75) is 59.2 Å². The summed E-state index contributed by atoms with van der Waals surface area (Å²) in [5, 5.41) is 2.86. The van der Waals surface area contributed by atoms with Crippen molar-refractivity contribution in [2.24, 2.45) is 0 Å². The number of amides is 2. The molecule has 0 saturated heterocycles. The highest BCUT2D eigenvalue weighted by Crippen LogP contribution is 2.20. The zero-order chi connectivity index (χ0) is 25.5. The first-order valence-electron chi connectivity index (χ1n) is 11.4. The molecule has 0 fully saturated rings. The predicted octanol–water partition coefficient (Wildman–Crippen LogP) is 3.49. The van der Waals surface area contributed by atoms with Crippen molar-refractivity contribution in [3.8, 4) is 0 Å². The first-order valence-corrected chi connectivity index (χ1v) is 13.2. The maximum atomic E-state index is 13.4. The summed E-state index contributed by atoms with van der Waals surface area (Å²) in [4.78, 5) is 27.6. The predicted molar refractivity (Wildman–Crippen MR) is 132 cm³/mol. The van der Waals surface area contributed by atoms with Crippen LogP contribution >= 0.6 is 0 Å². The summed E-state index contributed by atoms with van der Waals surface area (Å²) in [6, 6.07) is 11.6. The smallest absolute Gasteiger partial charge is 0.244 e. The summed E-state index contributed by atoms with van der Waals surface area (Å²) in [5.41, 5.74) is 2.03. The zero-order valence-electron chi connectivity index (χ0n) is 20.4. The Morgan fingerprint density at radius 3 is 2.03 bits per heavy atom. The SMILES string of the molecule is CCc1ccc(N(CC(=O)N(Cc2ccc(F)cc2)C(C)C(=O)NC(C)CC)S(C)(=O)=O)cc1. The van der Waals surface area contributed by atoms with E-state index in [-0.39, 0.29) is 18.5 Å². The Labute approximate surface area is 202 Å². The van der Waals surface area contributed by atoms with Gasteiger partial charge in [0.15, 0.2) is 0 Å². The van der Waals surface area contributed by atoms with Crippen molar-refractivity contribution in [1.29, 1.82) is 0 Å². The third-order valence-electron chi connectivity index (χ3n) is 5.75. The fourth-order valence-electron chi connectivity index (χ4n) is 3.35. The Bertz CT molecular complexity index is 1070. The van der Waals surface area contributed by atoms with Gasteiger partial charge in [-0.1, -0.05) is 38.1 Å². The number of halogens is 1. The minimum Gasteiger partial charge on any atom is -0.352 e. The number of carbonyl (C=O) groups is 2. The number of rotatable bonds is 11. The van der Waals surface area contributed by atoms with Crippen LogP contribution in [0.2, 0.25) is 0 Å². The molecular weight excluding hydrogens is 457 g/mol. The quantitative estimate of drug-likeness (QED) is 0.521. The molecule has 2 aromatic carbocycles. The van der Waals surface area contributed by atoms with E-state index in [1.165, 1.54) is 29.2 Å². The van der Waals surface area contributed by atoms with Gasteiger partial charge in [-0.2, -0.15) is 0 Å². The average molecular weight is 492 g/mol. The maximum absolute atomic E-state index is 13.4. The number of sulfonamides is 1. The fourth-order valence-corrected chi connectivity index (χ4v) is 4.20. The van der Waals surface area contributed by atoms with Crippen LogP contribution in [0.4, 0.5) is 10.1 Å². The molecule has 0 spiro atoms. The molecule has 2 aromatic rings. The molecule has 0 aliphatic heterocycles. The molecule has 1 N–H and O–H groups in total. The van der Waals surface area contributed by atoms with Gasteiger partial charge in [0, 0.05) is 12.6 Å². The van der Waals surface area contributed by atoms with Gasteiger partial charge in [-0.05, 0) is 62.1 Å². The summed E-state index contributed by atoms with van der Waals surface area (Å²) in [7, 11) is -3.78. The maximum Gasteiger partial charge on any atom is 0.244 e. The number of carbonyl (C=O) groups excluding carboxylic acids is 2. The van der Waals surface area contributed by atoms with E-state index in [1.54, 1.807) is 19.1 Å². The van der Waals surface area contributed by atoms with Crippen LogP contribution in [0.25, 0.3) is 0 Å². The van der Waals surface area contributed by atoms with Gasteiger partial charge in [0.25, 0.3) is 0 Å². The number of hydrogen-bond acceptors (Lipinski definition) is 4. The van der Waals surface area contributed by atoms with Crippen molar-refractivity contribution >= 4 is 27.5 Å². The second kappa shape index (κ2) is 12.0. The Balaban J connectivity index is 2.36. The lowest BCUT2D eigenvalue weighted by atomic mass is 10.1. The normalized spacial score (nSPS) is 13.1. The molecule has 0 saturated carbocycles. The summed E-state index contributed by atoms with van der Waals surface area (Å²) >= 11 is 0. The Morgan fingerprint density at radius 1 is 0.971 bits per heavy atom. The number of aryl methyl sites for hydroxylation is 1. The molecule has 2 rings (SSSR count). The summed E-state index contributed by atoms with van der Waals surface area (Å²) in [6.45, 7) is 6.95. The van der Waals surface area contributed by atoms with Gasteiger partial charge < -0.3 is 10.2 Å². The Kier molecular flexibility index (Phi) is 9.61. The Morgan fingerprint density at radius 2 is 1.53 bits per heavy atom. The lowest BCUT2D eigenvalue weighted by Crippen LogP contribution is -2.52. The van der Waals surface area contributed by atoms with Crippen LogP contribution in [0, 0.1) is 5.82 Å². The highest BCUT2D eigenvalue weighted by Gasteiger charge is 2.30. The molecule has 0 aliphatic rings. The van der Waals surface area contributed by atoms with Gasteiger partial charge in [0.1, 0.15) is 18.4 Å². The highest BCUT2D eigenvalue weighted by molar-refractivity contribution is 7.92. The first kappa shape index (κ1) is 27.3. The number of nitrogens with one attached hydrogen (secondary N) is 1. The van der Waals surface area contributed by atoms with Gasteiger partial charge in [0.05, 0.1) is 11.9 Å². The van der Waals surface area contributed by atoms with E-state index in [1.807, 2.05) is 32.9 Å². The largest absolute Gasteiger partial charge is 0.352 e. The Hall–Kier alpha value is -2.94. The van der Waals surface area contributed by atoms with E-state index in [0.29, 0.717) is 11.3 Å². The van der Waals surface area contributed by atoms with E-state index in [2.05, 4.69) is 5.32 Å². The number of anilines is 1. The minimum atomic E-state index is -3.78. The van der Waals surface area contributed by atoms with Crippen LogP contribution in [-0.2, 0) is 32.6 Å². The van der Waals surface area contributed by atoms with Gasteiger partial charge in [-0.3, -0.25) is 13.9 Å². The van der Waals surface area contributed by atoms with Crippen molar-refractivity contribution in [3.05, 3.63) is 65.5 Å². The van der Waals surface area contributed by atoms with Crippen LogP contribution in [0.5, 0.6) is 0 Å². The molecule has 0 heterocycles. The third kappa shape index (κ3) is 7.55. The van der Waals surface area contributed by atoms with Gasteiger partial charge in [-0.15, -0.1) is 0 Å². The van der Waals surface area contributed by atoms with Gasteiger partial charge >= 0.3 is 0 Å². The fraction of sp³-hybridized carbons (Fsp3) is 0.440. The molecule has 2 amide bonds. The first-order chi connectivity index (χ1) is 16.0. The van der Waals surface area contributed by atoms with Crippen molar-refractivity contribution < 1.29 is 22.4 Å². The van der Waals surface area contributed by atoms with Crippen LogP contribution in [0.3, 0.4) is 0 Å². The summed E-state index contributed by atoms with van der Waals surface area (Å²) < 4.78 is 39.5. The third-order valence-corrected chi connectivity index (χ3v) is 6.89. The topological polar surface area (TPSA) is 86.8 Å². The van der Waals surface area contributed by atoms with Crippen molar-refractivity contribution in [3.63, 3.8) is 0 Å². The van der Waals surface area contributed by atoms with Crippen LogP contribution in [-0.4, -0.2) is 50.0 Å². The standard InChI is InChI=1S/C25H34FN3O4S/c1-6-18(3)27-25(31)19(4)28(16-21-8-12-22(26)13-9-21)24(30)17-29(34(5,32)33)23-14-10-20(7-2)11-15-23/h8-15,18-19H,6-7,16-17H2,1-5H3,(H,27,31). The van der Waals surface area contributed by atoms with E-state index in [4.69, 9.17) is 0 Å². The second-order valence-corrected chi connectivity index (χ2v) is 10.3. The number of benzene rings is 2. The minimum absolute atomic E-state index is 0.0284. The lowest BCUT2D eigenvalue weighted by Gasteiger charge is -2.32. The zero-order valence-corrected chi connectivity index (χ0v) is 21.2.